The van der Waals surface area contributed by atoms with E-state index in [9.17, 15) is 0 Å². The molecule has 0 radical (unpaired) electrons. The summed E-state index contributed by atoms with van der Waals surface area (Å²) in [5, 5.41) is 2.32. The summed E-state index contributed by atoms with van der Waals surface area (Å²) in [6.45, 7) is 2.07. The molecule has 2 aliphatic heterocycles. The summed E-state index contributed by atoms with van der Waals surface area (Å²) in [7, 11) is 0. The Morgan fingerprint density at radius 2 is 1.50 bits per heavy atom. The van der Waals surface area contributed by atoms with E-state index in [0.717, 1.165) is 19.3 Å². The Kier molecular flexibility index (Phi) is 4.49. The van der Waals surface area contributed by atoms with Gasteiger partial charge in [0.25, 0.3) is 0 Å². The van der Waals surface area contributed by atoms with Crippen molar-refractivity contribution in [2.24, 2.45) is 0 Å². The fourth-order valence-electron chi connectivity index (χ4n) is 3.69. The van der Waals surface area contributed by atoms with Crippen LogP contribution in [0.15, 0.2) is 71.6 Å². The van der Waals surface area contributed by atoms with Gasteiger partial charge in [0.05, 0.1) is 10.9 Å². The molecule has 0 aromatic heterocycles. The largest absolute Gasteiger partial charge is 0.233 e. The van der Waals surface area contributed by atoms with E-state index in [1.165, 1.54) is 16.7 Å². The molecule has 0 aliphatic carbocycles. The van der Waals surface area contributed by atoms with Gasteiger partial charge in [-0.3, -0.25) is 0 Å². The van der Waals surface area contributed by atoms with Crippen LogP contribution in [0.1, 0.15) is 24.5 Å². The molecule has 0 saturated carbocycles. The van der Waals surface area contributed by atoms with E-state index >= 15 is 0 Å². The number of rotatable bonds is 4. The van der Waals surface area contributed by atoms with Gasteiger partial charge in [0, 0.05) is 6.42 Å². The average molecular weight is 338 g/mol. The third kappa shape index (κ3) is 3.16. The molecule has 3 heteroatoms. The summed E-state index contributed by atoms with van der Waals surface area (Å²) in [6, 6.07) is 21.4. The predicted molar refractivity (Wildman–Crippen MR) is 98.7 cm³/mol. The number of hydrogen-bond acceptors (Lipinski definition) is 3. The second-order valence-corrected chi connectivity index (χ2v) is 8.07. The molecule has 2 unspecified atom stereocenters. The number of benzene rings is 2. The van der Waals surface area contributed by atoms with E-state index in [1.54, 1.807) is 0 Å². The SMILES string of the molecule is CC1CC2=CSC(Cc3ccccc3)(Cc3ccccc3)C2OO1. The zero-order chi connectivity index (χ0) is 16.4. The highest BCUT2D eigenvalue weighted by Gasteiger charge is 2.49. The van der Waals surface area contributed by atoms with Gasteiger partial charge in [-0.15, -0.1) is 11.8 Å². The third-order valence-corrected chi connectivity index (χ3v) is 6.18. The van der Waals surface area contributed by atoms with Crippen LogP contribution in [0.5, 0.6) is 0 Å². The molecular weight excluding hydrogens is 316 g/mol. The van der Waals surface area contributed by atoms with Crippen molar-refractivity contribution in [3.05, 3.63) is 82.8 Å². The summed E-state index contributed by atoms with van der Waals surface area (Å²) >= 11 is 1.92. The highest BCUT2D eigenvalue weighted by molar-refractivity contribution is 8.03. The minimum Gasteiger partial charge on any atom is -0.233 e. The van der Waals surface area contributed by atoms with Crippen molar-refractivity contribution in [3.8, 4) is 0 Å². The highest BCUT2D eigenvalue weighted by atomic mass is 32.2. The second-order valence-electron chi connectivity index (χ2n) is 6.79. The van der Waals surface area contributed by atoms with Crippen LogP contribution in [-0.2, 0) is 22.6 Å². The lowest BCUT2D eigenvalue weighted by molar-refractivity contribution is -0.359. The molecule has 2 atom stereocenters. The fourth-order valence-corrected chi connectivity index (χ4v) is 5.11. The van der Waals surface area contributed by atoms with Crippen molar-refractivity contribution < 1.29 is 9.78 Å². The molecule has 1 saturated heterocycles. The van der Waals surface area contributed by atoms with E-state index in [4.69, 9.17) is 9.78 Å². The number of hydrogen-bond donors (Lipinski definition) is 0. The average Bonchev–Trinajstić information content (AvgIpc) is 2.94. The van der Waals surface area contributed by atoms with Gasteiger partial charge in [-0.25, -0.2) is 9.78 Å². The molecule has 0 amide bonds. The van der Waals surface area contributed by atoms with Crippen molar-refractivity contribution in [1.82, 2.24) is 0 Å². The molecule has 0 bridgehead atoms. The van der Waals surface area contributed by atoms with Crippen molar-refractivity contribution in [2.75, 3.05) is 0 Å². The van der Waals surface area contributed by atoms with E-state index in [2.05, 4.69) is 73.0 Å². The summed E-state index contributed by atoms with van der Waals surface area (Å²) in [5.74, 6) is 0. The van der Waals surface area contributed by atoms with E-state index < -0.39 is 0 Å². The summed E-state index contributed by atoms with van der Waals surface area (Å²) in [6.07, 6.45) is 3.06. The highest BCUT2D eigenvalue weighted by Crippen LogP contribution is 2.50. The van der Waals surface area contributed by atoms with Crippen LogP contribution in [0.2, 0.25) is 0 Å². The zero-order valence-electron chi connectivity index (χ0n) is 13.9. The molecule has 2 aromatic carbocycles. The Labute approximate surface area is 147 Å². The van der Waals surface area contributed by atoms with Crippen LogP contribution in [0, 0.1) is 0 Å². The molecule has 0 spiro atoms. The van der Waals surface area contributed by atoms with Gasteiger partial charge in [0.1, 0.15) is 6.10 Å². The summed E-state index contributed by atoms with van der Waals surface area (Å²) < 4.78 is -0.0435. The van der Waals surface area contributed by atoms with Crippen LogP contribution < -0.4 is 0 Å². The molecule has 4 rings (SSSR count). The Hall–Kier alpha value is -1.55. The smallest absolute Gasteiger partial charge is 0.130 e. The maximum atomic E-state index is 5.89. The normalized spacial score (nSPS) is 25.1. The Bertz CT molecular complexity index is 670. The van der Waals surface area contributed by atoms with Gasteiger partial charge >= 0.3 is 0 Å². The van der Waals surface area contributed by atoms with E-state index in [1.807, 2.05) is 11.8 Å². The van der Waals surface area contributed by atoms with Gasteiger partial charge in [0.2, 0.25) is 0 Å². The van der Waals surface area contributed by atoms with Gasteiger partial charge in [0.15, 0.2) is 0 Å². The second kappa shape index (κ2) is 6.75. The first-order valence-electron chi connectivity index (χ1n) is 8.52. The van der Waals surface area contributed by atoms with Gasteiger partial charge in [-0.2, -0.15) is 0 Å². The molecule has 124 valence electrons. The zero-order valence-corrected chi connectivity index (χ0v) is 14.7. The first-order chi connectivity index (χ1) is 11.8. The Morgan fingerprint density at radius 1 is 0.917 bits per heavy atom. The maximum absolute atomic E-state index is 5.89. The van der Waals surface area contributed by atoms with Crippen LogP contribution >= 0.6 is 11.8 Å². The summed E-state index contributed by atoms with van der Waals surface area (Å²) in [4.78, 5) is 11.5. The quantitative estimate of drug-likeness (QED) is 0.735. The Balaban J connectivity index is 1.65. The van der Waals surface area contributed by atoms with Crippen molar-refractivity contribution in [1.29, 1.82) is 0 Å². The van der Waals surface area contributed by atoms with Crippen LogP contribution in [0.3, 0.4) is 0 Å². The number of fused-ring (bicyclic) bond motifs is 1. The van der Waals surface area contributed by atoms with Gasteiger partial charge in [-0.1, -0.05) is 60.7 Å². The van der Waals surface area contributed by atoms with Gasteiger partial charge in [-0.05, 0) is 41.9 Å². The fraction of sp³-hybridized carbons (Fsp3) is 0.333. The molecule has 24 heavy (non-hydrogen) atoms. The van der Waals surface area contributed by atoms with Crippen LogP contribution in [0.25, 0.3) is 0 Å². The minimum atomic E-state index is -0.0435. The van der Waals surface area contributed by atoms with Crippen LogP contribution in [0.4, 0.5) is 0 Å². The maximum Gasteiger partial charge on any atom is 0.130 e. The molecule has 1 fully saturated rings. The monoisotopic (exact) mass is 338 g/mol. The lowest BCUT2D eigenvalue weighted by atomic mass is 9.83. The van der Waals surface area contributed by atoms with Crippen LogP contribution in [-0.4, -0.2) is 17.0 Å². The lowest BCUT2D eigenvalue weighted by Crippen LogP contribution is -2.46. The molecule has 0 N–H and O–H groups in total. The van der Waals surface area contributed by atoms with Crippen molar-refractivity contribution in [2.45, 2.75) is 43.1 Å². The van der Waals surface area contributed by atoms with E-state index in [0.29, 0.717) is 0 Å². The predicted octanol–water partition coefficient (Wildman–Crippen LogP) is 4.95. The molecule has 2 aromatic rings. The lowest BCUT2D eigenvalue weighted by Gasteiger charge is -2.38. The minimum absolute atomic E-state index is 0.0270. The van der Waals surface area contributed by atoms with Crippen molar-refractivity contribution in [3.63, 3.8) is 0 Å². The number of thioether (sulfide) groups is 1. The standard InChI is InChI=1S/C21H22O2S/c1-16-12-19-15-24-21(20(19)23-22-16,13-17-8-4-2-5-9-17)14-18-10-6-3-7-11-18/h2-11,15-16,20H,12-14H2,1H3. The molecule has 2 aliphatic rings. The van der Waals surface area contributed by atoms with E-state index in [-0.39, 0.29) is 17.0 Å². The molecular formula is C21H22O2S. The molecule has 2 heterocycles. The third-order valence-electron chi connectivity index (χ3n) is 4.79. The van der Waals surface area contributed by atoms with Gasteiger partial charge < -0.3 is 0 Å². The topological polar surface area (TPSA) is 18.5 Å². The molecule has 2 nitrogen and oxygen atoms in total. The first-order valence-corrected chi connectivity index (χ1v) is 9.40. The summed E-state index contributed by atoms with van der Waals surface area (Å²) in [5.41, 5.74) is 4.07. The first kappa shape index (κ1) is 15.9. The Morgan fingerprint density at radius 3 is 2.08 bits per heavy atom. The van der Waals surface area contributed by atoms with Crippen molar-refractivity contribution >= 4 is 11.8 Å².